The zero-order valence-electron chi connectivity index (χ0n) is 40.6. The average Bonchev–Trinajstić information content (AvgIpc) is 3.77. The molecule has 3 N–H and O–H groups in total. The second-order valence-corrected chi connectivity index (χ2v) is 22.4. The molecule has 0 bridgehead atoms. The Balaban J connectivity index is 0.858. The number of nitro benzene ring substituents is 1. The number of piperidine rings is 1. The topological polar surface area (TPSA) is 197 Å². The summed E-state index contributed by atoms with van der Waals surface area (Å²) >= 11 is 0. The molecule has 0 radical (unpaired) electrons. The van der Waals surface area contributed by atoms with Crippen molar-refractivity contribution in [3.8, 4) is 11.6 Å². The molecule has 1 saturated carbocycles. The van der Waals surface area contributed by atoms with Crippen LogP contribution in [0.4, 0.5) is 28.4 Å². The molecule has 5 aliphatic heterocycles. The van der Waals surface area contributed by atoms with Crippen molar-refractivity contribution in [1.82, 2.24) is 24.5 Å². The Morgan fingerprint density at radius 3 is 2.51 bits per heavy atom. The molecule has 4 fully saturated rings. The number of H-pyrrole nitrogens is 1. The molecular weight excluding hydrogens is 927 g/mol. The number of aromatic nitrogens is 2. The van der Waals surface area contributed by atoms with Gasteiger partial charge < -0.3 is 39.0 Å². The predicted molar refractivity (Wildman–Crippen MR) is 270 cm³/mol. The molecular formula is C52H63N9O9S. The lowest BCUT2D eigenvalue weighted by atomic mass is 9.59. The van der Waals surface area contributed by atoms with Gasteiger partial charge in [0, 0.05) is 87.2 Å². The van der Waals surface area contributed by atoms with Crippen LogP contribution >= 0.6 is 0 Å². The van der Waals surface area contributed by atoms with Crippen molar-refractivity contribution < 1.29 is 37.1 Å². The third kappa shape index (κ3) is 9.38. The van der Waals surface area contributed by atoms with E-state index in [0.29, 0.717) is 74.4 Å². The summed E-state index contributed by atoms with van der Waals surface area (Å²) in [7, 11) is -4.67. The number of morpholine rings is 2. The molecule has 1 amide bonds. The molecule has 5 aromatic rings. The highest BCUT2D eigenvalue weighted by atomic mass is 32.2. The summed E-state index contributed by atoms with van der Waals surface area (Å²) in [6.45, 7) is 14.8. The van der Waals surface area contributed by atoms with Crippen molar-refractivity contribution in [2.24, 2.45) is 11.3 Å². The van der Waals surface area contributed by atoms with Crippen LogP contribution in [-0.4, -0.2) is 137 Å². The van der Waals surface area contributed by atoms with Crippen LogP contribution in [0.2, 0.25) is 0 Å². The maximum Gasteiger partial charge on any atom is 0.297 e. The Morgan fingerprint density at radius 2 is 1.72 bits per heavy atom. The lowest BCUT2D eigenvalue weighted by molar-refractivity contribution is -0.384. The number of nitrogens with one attached hydrogen (secondary N) is 3. The maximum absolute atomic E-state index is 14.6. The van der Waals surface area contributed by atoms with Crippen LogP contribution in [0.3, 0.4) is 0 Å². The van der Waals surface area contributed by atoms with E-state index in [1.807, 2.05) is 35.4 Å². The number of ether oxygens (including phenoxy) is 4. The number of nitrogens with zero attached hydrogens (tertiary/aromatic N) is 6. The van der Waals surface area contributed by atoms with Crippen LogP contribution < -0.4 is 29.3 Å². The first-order valence-electron chi connectivity index (χ1n) is 25.1. The minimum atomic E-state index is -4.67. The summed E-state index contributed by atoms with van der Waals surface area (Å²) in [5, 5.41) is 16.6. The van der Waals surface area contributed by atoms with Crippen molar-refractivity contribution >= 4 is 55.4 Å². The lowest BCUT2D eigenvalue weighted by Crippen LogP contribution is -2.58. The summed E-state index contributed by atoms with van der Waals surface area (Å²) in [6, 6.07) is 21.0. The number of benzene rings is 3. The Kier molecular flexibility index (Phi) is 12.8. The molecule has 3 saturated heterocycles. The van der Waals surface area contributed by atoms with Crippen molar-refractivity contribution in [3.05, 3.63) is 99.7 Å². The van der Waals surface area contributed by atoms with Gasteiger partial charge in [-0.2, -0.15) is 4.98 Å². The fourth-order valence-corrected chi connectivity index (χ4v) is 12.8. The second-order valence-electron chi connectivity index (χ2n) is 20.7. The summed E-state index contributed by atoms with van der Waals surface area (Å²) in [5.74, 6) is -0.0449. The standard InChI is InChI=1S/C52H63N9O9S/c1-33(2)40-6-4-5-7-41(40)46-32-68-21-18-59(46)38-26-52(27-38)11-14-58(15-12-52)37-8-9-42(43(23-37)60-28-34(3)30-70-51-45(60)22-35-10-13-53-49(35)55-51)50(62)56-71(65,66)39-24-44(61(63)64)48-47(25-39)69-31-36(54-48)29-57-16-19-67-20-17-57/h4-10,13,22-25,33-34,36,38,46,54H,11-12,14-21,26-32H2,1-3H3,(H,53,55)(H,56,62)/t34-,36+,46+/m0/s1. The number of amides is 1. The SMILES string of the molecule is CC(C)c1ccccc1[C@H]1COCCN1C1CC2(CCN(c3ccc(C(=O)NS(=O)(=O)c4cc5c(c([N+](=O)[O-])c4)N[C@H](CN4CCOCC4)CO5)c(N4C[C@H](C)COc5nc6[nH]ccc6cc54)c3)CC2)C1. The minimum absolute atomic E-state index is 0.00436. The normalized spacial score (nSPS) is 23.0. The number of carbonyl (C=O) groups is 1. The van der Waals surface area contributed by atoms with E-state index in [1.54, 1.807) is 6.07 Å². The number of sulfonamides is 1. The van der Waals surface area contributed by atoms with Gasteiger partial charge in [-0.05, 0) is 78.5 Å². The van der Waals surface area contributed by atoms with Gasteiger partial charge in [0.25, 0.3) is 21.6 Å². The highest BCUT2D eigenvalue weighted by Gasteiger charge is 2.50. The van der Waals surface area contributed by atoms with Gasteiger partial charge in [-0.1, -0.05) is 45.0 Å². The fraction of sp³-hybridized carbons (Fsp3) is 0.500. The molecule has 18 nitrogen and oxygen atoms in total. The van der Waals surface area contributed by atoms with Gasteiger partial charge in [-0.15, -0.1) is 0 Å². The fourth-order valence-electron chi connectivity index (χ4n) is 11.8. The highest BCUT2D eigenvalue weighted by Crippen LogP contribution is 2.53. The summed E-state index contributed by atoms with van der Waals surface area (Å²) < 4.78 is 54.6. The van der Waals surface area contributed by atoms with Crippen molar-refractivity contribution in [2.75, 3.05) is 101 Å². The number of hydrogen-bond acceptors (Lipinski definition) is 15. The average molecular weight is 990 g/mol. The Bertz CT molecular complexity index is 2930. The number of pyridine rings is 1. The Hall–Kier alpha value is -5.99. The molecule has 6 aliphatic rings. The quantitative estimate of drug-likeness (QED) is 0.0887. The third-order valence-electron chi connectivity index (χ3n) is 15.6. The molecule has 11 rings (SSSR count). The van der Waals surface area contributed by atoms with Crippen LogP contribution in [0.1, 0.15) is 79.9 Å². The smallest absolute Gasteiger partial charge is 0.297 e. The van der Waals surface area contributed by atoms with Gasteiger partial charge in [0.15, 0.2) is 11.4 Å². The number of fused-ring (bicyclic) bond motifs is 3. The monoisotopic (exact) mass is 989 g/mol. The Morgan fingerprint density at radius 1 is 0.930 bits per heavy atom. The number of nitro groups is 1. The first kappa shape index (κ1) is 47.3. The number of aromatic amines is 1. The molecule has 3 atom stereocenters. The van der Waals surface area contributed by atoms with Crippen LogP contribution in [0, 0.1) is 21.4 Å². The molecule has 7 heterocycles. The summed E-state index contributed by atoms with van der Waals surface area (Å²) in [4.78, 5) is 43.3. The van der Waals surface area contributed by atoms with E-state index in [0.717, 1.165) is 82.2 Å². The lowest BCUT2D eigenvalue weighted by Gasteiger charge is -2.57. The third-order valence-corrected chi connectivity index (χ3v) is 16.9. The van der Waals surface area contributed by atoms with Crippen LogP contribution in [-0.2, 0) is 19.5 Å². The largest absolute Gasteiger partial charge is 0.489 e. The molecule has 2 aromatic heterocycles. The summed E-state index contributed by atoms with van der Waals surface area (Å²) in [5.41, 5.74) is 5.47. The van der Waals surface area contributed by atoms with E-state index < -0.39 is 31.4 Å². The van der Waals surface area contributed by atoms with E-state index in [9.17, 15) is 23.3 Å². The van der Waals surface area contributed by atoms with Crippen molar-refractivity contribution in [3.63, 3.8) is 0 Å². The first-order valence-corrected chi connectivity index (χ1v) is 26.6. The van der Waals surface area contributed by atoms with E-state index in [1.165, 1.54) is 17.2 Å². The van der Waals surface area contributed by atoms with Gasteiger partial charge >= 0.3 is 0 Å². The van der Waals surface area contributed by atoms with Crippen LogP contribution in [0.15, 0.2) is 77.8 Å². The number of hydrogen-bond donors (Lipinski definition) is 3. The molecule has 19 heteroatoms. The number of anilines is 4. The highest BCUT2D eigenvalue weighted by molar-refractivity contribution is 7.90. The van der Waals surface area contributed by atoms with E-state index in [-0.39, 0.29) is 47.0 Å². The van der Waals surface area contributed by atoms with Crippen LogP contribution in [0.5, 0.6) is 11.6 Å². The van der Waals surface area contributed by atoms with Gasteiger partial charge in [0.2, 0.25) is 5.88 Å². The maximum atomic E-state index is 14.6. The minimum Gasteiger partial charge on any atom is -0.489 e. The number of carbonyl (C=O) groups excluding carboxylic acids is 1. The summed E-state index contributed by atoms with van der Waals surface area (Å²) in [6.07, 6.45) is 6.17. The first-order chi connectivity index (χ1) is 34.3. The van der Waals surface area contributed by atoms with E-state index in [4.69, 9.17) is 23.9 Å². The van der Waals surface area contributed by atoms with Gasteiger partial charge in [-0.3, -0.25) is 24.7 Å². The zero-order valence-corrected chi connectivity index (χ0v) is 41.4. The van der Waals surface area contributed by atoms with Crippen molar-refractivity contribution in [2.45, 2.75) is 75.4 Å². The Labute approximate surface area is 414 Å². The van der Waals surface area contributed by atoms with E-state index in [2.05, 4.69) is 74.8 Å². The van der Waals surface area contributed by atoms with Gasteiger partial charge in [0.1, 0.15) is 17.9 Å². The van der Waals surface area contributed by atoms with E-state index >= 15 is 0 Å². The molecule has 1 aliphatic carbocycles. The van der Waals surface area contributed by atoms with Crippen molar-refractivity contribution in [1.29, 1.82) is 0 Å². The zero-order chi connectivity index (χ0) is 49.0. The molecule has 71 heavy (non-hydrogen) atoms. The number of rotatable bonds is 11. The molecule has 0 unspecified atom stereocenters. The van der Waals surface area contributed by atoms with Crippen LogP contribution in [0.25, 0.3) is 11.0 Å². The van der Waals surface area contributed by atoms with Gasteiger partial charge in [0.05, 0.1) is 66.2 Å². The molecule has 3 aromatic carbocycles. The second kappa shape index (κ2) is 19.2. The molecule has 1 spiro atoms. The predicted octanol–water partition coefficient (Wildman–Crippen LogP) is 7.21. The van der Waals surface area contributed by atoms with Gasteiger partial charge in [-0.25, -0.2) is 13.1 Å². The molecule has 376 valence electrons.